The smallest absolute Gasteiger partial charge is 0.440 e. The maximum atomic E-state index is 10.9. The highest BCUT2D eigenvalue weighted by Crippen LogP contribution is 2.00. The summed E-state index contributed by atoms with van der Waals surface area (Å²) in [5.74, 6) is 0. The first-order chi connectivity index (χ1) is 6.83. The number of ether oxygens (including phenoxy) is 1. The molecule has 1 rings (SSSR count). The van der Waals surface area contributed by atoms with Crippen LogP contribution in [0, 0.1) is 0 Å². The first kappa shape index (κ1) is 10.1. The van der Waals surface area contributed by atoms with Crippen LogP contribution in [0.15, 0.2) is 43.2 Å². The number of carbonyl (C=O) groups is 1. The van der Waals surface area contributed by atoms with E-state index >= 15 is 0 Å². The van der Waals surface area contributed by atoms with E-state index in [-0.39, 0.29) is 6.61 Å². The van der Waals surface area contributed by atoms with Crippen LogP contribution < -0.4 is 5.48 Å². The Kier molecular flexibility index (Phi) is 4.07. The summed E-state index contributed by atoms with van der Waals surface area (Å²) in [7, 11) is 0. The summed E-state index contributed by atoms with van der Waals surface area (Å²) in [6.45, 7) is 3.47. The number of carbonyl (C=O) groups excluding carboxylic acids is 1. The van der Waals surface area contributed by atoms with Crippen LogP contribution in [-0.2, 0) is 16.2 Å². The highest BCUT2D eigenvalue weighted by atomic mass is 16.7. The van der Waals surface area contributed by atoms with Crippen molar-refractivity contribution in [2.24, 2.45) is 0 Å². The molecule has 14 heavy (non-hydrogen) atoms. The van der Waals surface area contributed by atoms with Crippen molar-refractivity contribution in [2.75, 3.05) is 0 Å². The van der Waals surface area contributed by atoms with Gasteiger partial charge in [-0.2, -0.15) is 5.48 Å². The van der Waals surface area contributed by atoms with Gasteiger partial charge >= 0.3 is 6.09 Å². The second kappa shape index (κ2) is 5.64. The summed E-state index contributed by atoms with van der Waals surface area (Å²) in [5, 5.41) is 0. The van der Waals surface area contributed by atoms with Gasteiger partial charge in [0.1, 0.15) is 12.9 Å². The zero-order chi connectivity index (χ0) is 10.2. The lowest BCUT2D eigenvalue weighted by molar-refractivity contribution is 0.0747. The third kappa shape index (κ3) is 3.62. The Balaban J connectivity index is 2.27. The molecular weight excluding hydrogens is 182 g/mol. The Morgan fingerprint density at radius 3 is 2.79 bits per heavy atom. The minimum Gasteiger partial charge on any atom is -0.443 e. The number of hydrogen-bond donors (Lipinski definition) is 1. The second-order valence-corrected chi connectivity index (χ2v) is 2.45. The maximum Gasteiger partial charge on any atom is 0.440 e. The van der Waals surface area contributed by atoms with E-state index < -0.39 is 6.09 Å². The molecule has 0 aliphatic heterocycles. The van der Waals surface area contributed by atoms with Crippen molar-refractivity contribution in [1.29, 1.82) is 0 Å². The number of hydrogen-bond acceptors (Lipinski definition) is 3. The van der Waals surface area contributed by atoms with E-state index in [2.05, 4.69) is 11.4 Å². The minimum atomic E-state index is -0.645. The SMILES string of the molecule is C=CONC(=O)OCc1ccccc1. The molecule has 0 aliphatic rings. The predicted octanol–water partition coefficient (Wildman–Crippen LogP) is 1.99. The maximum absolute atomic E-state index is 10.9. The van der Waals surface area contributed by atoms with Crippen LogP contribution in [0.2, 0.25) is 0 Å². The highest BCUT2D eigenvalue weighted by molar-refractivity contribution is 5.65. The molecule has 1 aromatic rings. The zero-order valence-electron chi connectivity index (χ0n) is 7.60. The molecule has 0 aromatic heterocycles. The van der Waals surface area contributed by atoms with Crippen molar-refractivity contribution in [1.82, 2.24) is 5.48 Å². The summed E-state index contributed by atoms with van der Waals surface area (Å²) in [6, 6.07) is 9.36. The molecule has 4 heteroatoms. The van der Waals surface area contributed by atoms with E-state index in [4.69, 9.17) is 4.74 Å². The van der Waals surface area contributed by atoms with Crippen LogP contribution in [0.3, 0.4) is 0 Å². The standard InChI is InChI=1S/C10H11NO3/c1-2-14-11-10(12)13-8-9-6-4-3-5-7-9/h2-7H,1,8H2,(H,11,12). The second-order valence-electron chi connectivity index (χ2n) is 2.45. The van der Waals surface area contributed by atoms with Crippen LogP contribution in [0.25, 0.3) is 0 Å². The van der Waals surface area contributed by atoms with Crippen molar-refractivity contribution < 1.29 is 14.4 Å². The molecule has 0 unspecified atom stereocenters. The first-order valence-corrected chi connectivity index (χ1v) is 4.06. The van der Waals surface area contributed by atoms with Gasteiger partial charge in [0.25, 0.3) is 0 Å². The molecule has 0 atom stereocenters. The normalized spacial score (nSPS) is 8.86. The lowest BCUT2D eigenvalue weighted by atomic mass is 10.2. The van der Waals surface area contributed by atoms with Crippen LogP contribution in [-0.4, -0.2) is 6.09 Å². The van der Waals surface area contributed by atoms with Gasteiger partial charge in [0.2, 0.25) is 0 Å². The van der Waals surface area contributed by atoms with Gasteiger partial charge in [-0.1, -0.05) is 36.9 Å². The van der Waals surface area contributed by atoms with Gasteiger partial charge in [-0.25, -0.2) is 4.79 Å². The van der Waals surface area contributed by atoms with E-state index in [0.29, 0.717) is 0 Å². The Bertz CT molecular complexity index is 297. The molecule has 0 saturated heterocycles. The summed E-state index contributed by atoms with van der Waals surface area (Å²) < 4.78 is 4.81. The topological polar surface area (TPSA) is 47.6 Å². The molecule has 74 valence electrons. The van der Waals surface area contributed by atoms with Gasteiger partial charge in [0, 0.05) is 0 Å². The molecule has 0 bridgehead atoms. The third-order valence-electron chi connectivity index (χ3n) is 1.44. The van der Waals surface area contributed by atoms with Gasteiger partial charge in [0.15, 0.2) is 0 Å². The van der Waals surface area contributed by atoms with Crippen molar-refractivity contribution in [3.05, 3.63) is 48.7 Å². The predicted molar refractivity (Wildman–Crippen MR) is 51.0 cm³/mol. The van der Waals surface area contributed by atoms with Crippen LogP contribution in [0.5, 0.6) is 0 Å². The van der Waals surface area contributed by atoms with E-state index in [1.165, 1.54) is 0 Å². The lowest BCUT2D eigenvalue weighted by Crippen LogP contribution is -2.22. The van der Waals surface area contributed by atoms with E-state index in [1.807, 2.05) is 35.8 Å². The number of rotatable bonds is 4. The van der Waals surface area contributed by atoms with Gasteiger partial charge in [0.05, 0.1) is 0 Å². The van der Waals surface area contributed by atoms with Gasteiger partial charge < -0.3 is 9.57 Å². The van der Waals surface area contributed by atoms with Crippen molar-refractivity contribution in [3.8, 4) is 0 Å². The van der Waals surface area contributed by atoms with Gasteiger partial charge in [-0.3, -0.25) is 0 Å². The molecule has 1 N–H and O–H groups in total. The molecule has 0 radical (unpaired) electrons. The fraction of sp³-hybridized carbons (Fsp3) is 0.100. The molecule has 0 saturated carbocycles. The largest absolute Gasteiger partial charge is 0.443 e. The van der Waals surface area contributed by atoms with Crippen molar-refractivity contribution >= 4 is 6.09 Å². The summed E-state index contributed by atoms with van der Waals surface area (Å²) >= 11 is 0. The van der Waals surface area contributed by atoms with E-state index in [1.54, 1.807) is 0 Å². The number of hydroxylamine groups is 1. The lowest BCUT2D eigenvalue weighted by Gasteiger charge is -2.04. The third-order valence-corrected chi connectivity index (χ3v) is 1.44. The molecule has 0 aliphatic carbocycles. The summed E-state index contributed by atoms with van der Waals surface area (Å²) in [6.07, 6.45) is 0.456. The monoisotopic (exact) mass is 193 g/mol. The van der Waals surface area contributed by atoms with Crippen molar-refractivity contribution in [2.45, 2.75) is 6.61 Å². The molecule has 1 amide bonds. The number of amides is 1. The number of nitrogens with one attached hydrogen (secondary N) is 1. The number of benzene rings is 1. The average molecular weight is 193 g/mol. The quantitative estimate of drug-likeness (QED) is 0.587. The molecule has 0 heterocycles. The first-order valence-electron chi connectivity index (χ1n) is 4.06. The molecular formula is C10H11NO3. The molecule has 4 nitrogen and oxygen atoms in total. The Hall–Kier alpha value is -1.97. The molecule has 1 aromatic carbocycles. The summed E-state index contributed by atoms with van der Waals surface area (Å²) in [4.78, 5) is 15.3. The molecule has 0 fully saturated rings. The fourth-order valence-corrected chi connectivity index (χ4v) is 0.842. The van der Waals surface area contributed by atoms with Crippen LogP contribution in [0.4, 0.5) is 4.79 Å². The average Bonchev–Trinajstić information content (AvgIpc) is 2.25. The Morgan fingerprint density at radius 1 is 1.43 bits per heavy atom. The van der Waals surface area contributed by atoms with Gasteiger partial charge in [-0.05, 0) is 5.56 Å². The van der Waals surface area contributed by atoms with Crippen molar-refractivity contribution in [3.63, 3.8) is 0 Å². The van der Waals surface area contributed by atoms with E-state index in [0.717, 1.165) is 11.8 Å². The minimum absolute atomic E-state index is 0.215. The summed E-state index contributed by atoms with van der Waals surface area (Å²) in [5.41, 5.74) is 2.94. The van der Waals surface area contributed by atoms with E-state index in [9.17, 15) is 4.79 Å². The fourth-order valence-electron chi connectivity index (χ4n) is 0.842. The zero-order valence-corrected chi connectivity index (χ0v) is 7.60. The highest BCUT2D eigenvalue weighted by Gasteiger charge is 2.00. The van der Waals surface area contributed by atoms with Crippen LogP contribution in [0.1, 0.15) is 5.56 Å². The Morgan fingerprint density at radius 2 is 2.14 bits per heavy atom. The van der Waals surface area contributed by atoms with Crippen LogP contribution >= 0.6 is 0 Å². The molecule has 0 spiro atoms. The Labute approximate surface area is 82.1 Å². The van der Waals surface area contributed by atoms with Gasteiger partial charge in [-0.15, -0.1) is 0 Å².